The van der Waals surface area contributed by atoms with Crippen molar-refractivity contribution in [2.45, 2.75) is 5.92 Å². The number of hydrogen-bond acceptors (Lipinski definition) is 2. The Morgan fingerprint density at radius 2 is 1.50 bits per heavy atom. The number of carbonyl (C=O) groups is 2. The second-order valence-corrected chi connectivity index (χ2v) is 5.29. The van der Waals surface area contributed by atoms with Gasteiger partial charge in [0.1, 0.15) is 17.6 Å². The number of benzene rings is 2. The summed E-state index contributed by atoms with van der Waals surface area (Å²) in [7, 11) is 0. The normalized spacial score (nSPS) is 14.8. The summed E-state index contributed by atoms with van der Waals surface area (Å²) in [5, 5.41) is 0. The zero-order chi connectivity index (χ0) is 14.4. The summed E-state index contributed by atoms with van der Waals surface area (Å²) in [5.74, 6) is -3.71. The molecule has 0 unspecified atom stereocenters. The predicted octanol–water partition coefficient (Wildman–Crippen LogP) is 3.89. The molecule has 0 aromatic heterocycles. The highest BCUT2D eigenvalue weighted by atomic mass is 79.9. The molecular weight excluding hydrogens is 330 g/mol. The van der Waals surface area contributed by atoms with Crippen LogP contribution in [-0.4, -0.2) is 11.6 Å². The maximum Gasteiger partial charge on any atom is 0.178 e. The van der Waals surface area contributed by atoms with Crippen LogP contribution in [0.2, 0.25) is 0 Å². The molecule has 3 rings (SSSR count). The van der Waals surface area contributed by atoms with E-state index in [1.54, 1.807) is 24.3 Å². The van der Waals surface area contributed by atoms with Crippen LogP contribution in [0, 0.1) is 11.6 Å². The fourth-order valence-corrected chi connectivity index (χ4v) is 2.87. The van der Waals surface area contributed by atoms with Gasteiger partial charge in [0, 0.05) is 17.2 Å². The summed E-state index contributed by atoms with van der Waals surface area (Å²) < 4.78 is 26.9. The van der Waals surface area contributed by atoms with Gasteiger partial charge >= 0.3 is 0 Å². The molecule has 0 aliphatic heterocycles. The van der Waals surface area contributed by atoms with Gasteiger partial charge in [-0.05, 0) is 27.6 Å². The largest absolute Gasteiger partial charge is 0.293 e. The molecule has 0 radical (unpaired) electrons. The number of Topliss-reactive ketones (excluding diaryl/α,β-unsaturated/α-hetero) is 2. The van der Waals surface area contributed by atoms with Crippen molar-refractivity contribution < 1.29 is 18.4 Å². The van der Waals surface area contributed by atoms with E-state index < -0.39 is 29.1 Å². The number of halogens is 3. The van der Waals surface area contributed by atoms with Gasteiger partial charge in [-0.3, -0.25) is 9.59 Å². The molecule has 0 saturated heterocycles. The Morgan fingerprint density at radius 1 is 0.950 bits per heavy atom. The lowest BCUT2D eigenvalue weighted by molar-refractivity contribution is 0.0889. The first-order chi connectivity index (χ1) is 9.50. The summed E-state index contributed by atoms with van der Waals surface area (Å²) in [5.41, 5.74) is 0.604. The van der Waals surface area contributed by atoms with Crippen LogP contribution in [-0.2, 0) is 0 Å². The van der Waals surface area contributed by atoms with Crippen molar-refractivity contribution in [2.75, 3.05) is 0 Å². The molecule has 0 atom stereocenters. The molecule has 2 aromatic carbocycles. The third-order valence-electron chi connectivity index (χ3n) is 3.31. The van der Waals surface area contributed by atoms with Crippen LogP contribution in [0.1, 0.15) is 32.2 Å². The van der Waals surface area contributed by atoms with Gasteiger partial charge in [-0.25, -0.2) is 8.78 Å². The molecule has 0 N–H and O–H groups in total. The summed E-state index contributed by atoms with van der Waals surface area (Å²) in [6.45, 7) is 0. The zero-order valence-corrected chi connectivity index (χ0v) is 11.6. The fourth-order valence-electron chi connectivity index (χ4n) is 2.41. The third kappa shape index (κ3) is 1.81. The van der Waals surface area contributed by atoms with Crippen LogP contribution in [0.5, 0.6) is 0 Å². The van der Waals surface area contributed by atoms with Crippen LogP contribution in [0.25, 0.3) is 0 Å². The number of rotatable bonds is 1. The van der Waals surface area contributed by atoms with Gasteiger partial charge in [-0.15, -0.1) is 0 Å². The van der Waals surface area contributed by atoms with Crippen molar-refractivity contribution in [1.29, 1.82) is 0 Å². The standard InChI is InChI=1S/C15H7BrF2O2/c16-13-10(5-7(17)6-11(13)18)12-14(19)8-3-1-2-4-9(8)15(12)20/h1-6,12H. The zero-order valence-electron chi connectivity index (χ0n) is 9.99. The van der Waals surface area contributed by atoms with Crippen molar-refractivity contribution >= 4 is 27.5 Å². The lowest BCUT2D eigenvalue weighted by Gasteiger charge is -2.10. The molecule has 5 heteroatoms. The molecule has 1 aliphatic rings. The smallest absolute Gasteiger partial charge is 0.178 e. The van der Waals surface area contributed by atoms with Gasteiger partial charge in [-0.1, -0.05) is 24.3 Å². The number of carbonyl (C=O) groups excluding carboxylic acids is 2. The number of fused-ring (bicyclic) bond motifs is 1. The van der Waals surface area contributed by atoms with Crippen molar-refractivity contribution in [2.24, 2.45) is 0 Å². The van der Waals surface area contributed by atoms with E-state index in [4.69, 9.17) is 0 Å². The summed E-state index contributed by atoms with van der Waals surface area (Å²) in [6, 6.07) is 8.09. The first-order valence-corrected chi connectivity index (χ1v) is 6.62. The van der Waals surface area contributed by atoms with E-state index in [-0.39, 0.29) is 10.0 Å². The topological polar surface area (TPSA) is 34.1 Å². The van der Waals surface area contributed by atoms with Crippen LogP contribution >= 0.6 is 15.9 Å². The molecule has 2 nitrogen and oxygen atoms in total. The highest BCUT2D eigenvalue weighted by molar-refractivity contribution is 9.10. The summed E-state index contributed by atoms with van der Waals surface area (Å²) in [6.07, 6.45) is 0. The molecule has 2 aromatic rings. The monoisotopic (exact) mass is 336 g/mol. The first kappa shape index (κ1) is 13.1. The van der Waals surface area contributed by atoms with E-state index in [1.165, 1.54) is 0 Å². The van der Waals surface area contributed by atoms with E-state index in [0.29, 0.717) is 17.2 Å². The Balaban J connectivity index is 2.19. The molecular formula is C15H7BrF2O2. The molecule has 100 valence electrons. The highest BCUT2D eigenvalue weighted by Gasteiger charge is 2.40. The minimum atomic E-state index is -1.19. The minimum absolute atomic E-state index is 0.0219. The molecule has 0 fully saturated rings. The highest BCUT2D eigenvalue weighted by Crippen LogP contribution is 2.38. The minimum Gasteiger partial charge on any atom is -0.293 e. The van der Waals surface area contributed by atoms with Crippen LogP contribution < -0.4 is 0 Å². The van der Waals surface area contributed by atoms with E-state index in [0.717, 1.165) is 6.07 Å². The Morgan fingerprint density at radius 3 is 2.05 bits per heavy atom. The third-order valence-corrected chi connectivity index (χ3v) is 4.15. The molecule has 0 saturated carbocycles. The van der Waals surface area contributed by atoms with Gasteiger partial charge in [-0.2, -0.15) is 0 Å². The second-order valence-electron chi connectivity index (χ2n) is 4.50. The average Bonchev–Trinajstić information content (AvgIpc) is 2.67. The Hall–Kier alpha value is -1.88. The van der Waals surface area contributed by atoms with E-state index in [1.807, 2.05) is 0 Å². The summed E-state index contributed by atoms with van der Waals surface area (Å²) >= 11 is 2.98. The predicted molar refractivity (Wildman–Crippen MR) is 71.9 cm³/mol. The average molecular weight is 337 g/mol. The lowest BCUT2D eigenvalue weighted by Crippen LogP contribution is -2.14. The van der Waals surface area contributed by atoms with E-state index >= 15 is 0 Å². The number of ketones is 2. The van der Waals surface area contributed by atoms with Gasteiger partial charge < -0.3 is 0 Å². The van der Waals surface area contributed by atoms with Crippen molar-refractivity contribution in [3.63, 3.8) is 0 Å². The fraction of sp³-hybridized carbons (Fsp3) is 0.0667. The van der Waals surface area contributed by atoms with Crippen molar-refractivity contribution in [3.8, 4) is 0 Å². The van der Waals surface area contributed by atoms with Gasteiger partial charge in [0.15, 0.2) is 11.6 Å². The quantitative estimate of drug-likeness (QED) is 0.584. The van der Waals surface area contributed by atoms with E-state index in [9.17, 15) is 18.4 Å². The van der Waals surface area contributed by atoms with Crippen molar-refractivity contribution in [1.82, 2.24) is 0 Å². The molecule has 0 amide bonds. The SMILES string of the molecule is O=C1c2ccccc2C(=O)C1c1cc(F)cc(F)c1Br. The second kappa shape index (κ2) is 4.59. The molecule has 0 heterocycles. The van der Waals surface area contributed by atoms with Gasteiger partial charge in [0.25, 0.3) is 0 Å². The summed E-state index contributed by atoms with van der Waals surface area (Å²) in [4.78, 5) is 24.6. The van der Waals surface area contributed by atoms with Crippen molar-refractivity contribution in [3.05, 3.63) is 69.2 Å². The molecule has 20 heavy (non-hydrogen) atoms. The van der Waals surface area contributed by atoms with Gasteiger partial charge in [0.2, 0.25) is 0 Å². The van der Waals surface area contributed by atoms with Crippen LogP contribution in [0.15, 0.2) is 40.9 Å². The van der Waals surface area contributed by atoms with Gasteiger partial charge in [0.05, 0.1) is 4.47 Å². The maximum atomic E-state index is 13.6. The number of hydrogen-bond donors (Lipinski definition) is 0. The molecule has 0 bridgehead atoms. The van der Waals surface area contributed by atoms with Crippen LogP contribution in [0.4, 0.5) is 8.78 Å². The van der Waals surface area contributed by atoms with Crippen LogP contribution in [0.3, 0.4) is 0 Å². The molecule has 1 aliphatic carbocycles. The maximum absolute atomic E-state index is 13.6. The Bertz CT molecular complexity index is 721. The molecule has 0 spiro atoms. The lowest BCUT2D eigenvalue weighted by atomic mass is 9.94. The van der Waals surface area contributed by atoms with E-state index in [2.05, 4.69) is 15.9 Å². The Labute approximate surface area is 121 Å². The Kier molecular flexibility index (Phi) is 3.01. The first-order valence-electron chi connectivity index (χ1n) is 5.82.